The van der Waals surface area contributed by atoms with Gasteiger partial charge in [0.05, 0.1) is 6.61 Å². The van der Waals surface area contributed by atoms with E-state index in [4.69, 9.17) is 9.84 Å². The van der Waals surface area contributed by atoms with Crippen LogP contribution < -0.4 is 5.32 Å². The first kappa shape index (κ1) is 15.3. The summed E-state index contributed by atoms with van der Waals surface area (Å²) in [5.41, 5.74) is 0. The fourth-order valence-corrected chi connectivity index (χ4v) is 2.95. The summed E-state index contributed by atoms with van der Waals surface area (Å²) in [6, 6.07) is -1.52. The Bertz CT molecular complexity index is 462. The third-order valence-corrected chi connectivity index (χ3v) is 3.86. The Hall–Kier alpha value is -2.05. The molecule has 1 saturated heterocycles. The van der Waals surface area contributed by atoms with Gasteiger partial charge in [-0.15, -0.1) is 0 Å². The molecule has 3 atom stereocenters. The van der Waals surface area contributed by atoms with Crippen molar-refractivity contribution in [1.29, 1.82) is 0 Å². The number of nitrogens with zero attached hydrogens (tertiary/aromatic N) is 1. The van der Waals surface area contributed by atoms with Gasteiger partial charge >= 0.3 is 12.1 Å². The highest BCUT2D eigenvalue weighted by Crippen LogP contribution is 2.30. The second-order valence-electron chi connectivity index (χ2n) is 5.19. The molecule has 1 fully saturated rings. The number of esters is 1. The smallest absolute Gasteiger partial charge is 0.405 e. The van der Waals surface area contributed by atoms with Gasteiger partial charge in [-0.25, -0.2) is 9.59 Å². The number of hydrogen-bond donors (Lipinski definition) is 2. The lowest BCUT2D eigenvalue weighted by molar-refractivity contribution is -0.154. The lowest BCUT2D eigenvalue weighted by atomic mass is 10.0. The first-order valence-corrected chi connectivity index (χ1v) is 7.17. The van der Waals surface area contributed by atoms with Gasteiger partial charge in [0.25, 0.3) is 0 Å². The van der Waals surface area contributed by atoms with Gasteiger partial charge in [-0.05, 0) is 32.6 Å². The number of carbonyl (C=O) groups is 3. The van der Waals surface area contributed by atoms with Gasteiger partial charge in [0.1, 0.15) is 12.1 Å². The predicted molar refractivity (Wildman–Crippen MR) is 73.6 cm³/mol. The molecule has 7 heteroatoms. The molecule has 0 aromatic heterocycles. The Morgan fingerprint density at radius 3 is 2.76 bits per heavy atom. The van der Waals surface area contributed by atoms with E-state index < -0.39 is 24.1 Å². The van der Waals surface area contributed by atoms with Crippen molar-refractivity contribution in [3.05, 3.63) is 12.2 Å². The third-order valence-electron chi connectivity index (χ3n) is 3.86. The monoisotopic (exact) mass is 296 g/mol. The minimum Gasteiger partial charge on any atom is -0.465 e. The number of amides is 2. The SMILES string of the molecule is CCOC(=O)[C@@H]1CC[C@@H]2C/C=C\C[C@H](NC(=O)O)C(=O)N21. The van der Waals surface area contributed by atoms with Gasteiger partial charge in [-0.3, -0.25) is 4.79 Å². The summed E-state index contributed by atoms with van der Waals surface area (Å²) in [7, 11) is 0. The quantitative estimate of drug-likeness (QED) is 0.596. The molecular weight excluding hydrogens is 276 g/mol. The Kier molecular flexibility index (Phi) is 4.82. The lowest BCUT2D eigenvalue weighted by Crippen LogP contribution is -2.54. The molecule has 0 unspecified atom stereocenters. The molecule has 0 radical (unpaired) electrons. The predicted octanol–water partition coefficient (Wildman–Crippen LogP) is 0.895. The van der Waals surface area contributed by atoms with Crippen LogP contribution in [0.25, 0.3) is 0 Å². The van der Waals surface area contributed by atoms with Crippen LogP contribution in [0.15, 0.2) is 12.2 Å². The van der Waals surface area contributed by atoms with E-state index in [2.05, 4.69) is 5.32 Å². The molecule has 0 bridgehead atoms. The average molecular weight is 296 g/mol. The van der Waals surface area contributed by atoms with E-state index in [9.17, 15) is 14.4 Å². The maximum atomic E-state index is 12.6. The van der Waals surface area contributed by atoms with Gasteiger partial charge in [-0.2, -0.15) is 0 Å². The van der Waals surface area contributed by atoms with Crippen LogP contribution in [-0.4, -0.2) is 52.7 Å². The second-order valence-corrected chi connectivity index (χ2v) is 5.19. The molecule has 0 aromatic carbocycles. The number of rotatable bonds is 3. The summed E-state index contributed by atoms with van der Waals surface area (Å²) < 4.78 is 5.02. The molecule has 7 nitrogen and oxygen atoms in total. The summed E-state index contributed by atoms with van der Waals surface area (Å²) in [6.45, 7) is 1.98. The molecule has 21 heavy (non-hydrogen) atoms. The number of carbonyl (C=O) groups excluding carboxylic acids is 2. The molecule has 2 aliphatic rings. The Balaban J connectivity index is 2.21. The summed E-state index contributed by atoms with van der Waals surface area (Å²) in [5, 5.41) is 11.1. The summed E-state index contributed by atoms with van der Waals surface area (Å²) in [5.74, 6) is -0.755. The van der Waals surface area contributed by atoms with Crippen molar-refractivity contribution in [2.45, 2.75) is 50.7 Å². The van der Waals surface area contributed by atoms with Crippen molar-refractivity contribution in [3.8, 4) is 0 Å². The minimum atomic E-state index is -1.24. The largest absolute Gasteiger partial charge is 0.465 e. The zero-order chi connectivity index (χ0) is 15.4. The lowest BCUT2D eigenvalue weighted by Gasteiger charge is -2.33. The summed E-state index contributed by atoms with van der Waals surface area (Å²) in [6.07, 6.45) is 4.76. The van der Waals surface area contributed by atoms with Crippen LogP contribution in [0.1, 0.15) is 32.6 Å². The van der Waals surface area contributed by atoms with E-state index in [1.165, 1.54) is 4.90 Å². The van der Waals surface area contributed by atoms with Crippen molar-refractivity contribution < 1.29 is 24.2 Å². The molecule has 2 heterocycles. The molecule has 116 valence electrons. The zero-order valence-corrected chi connectivity index (χ0v) is 11.9. The van der Waals surface area contributed by atoms with Crippen molar-refractivity contribution in [2.75, 3.05) is 6.61 Å². The fraction of sp³-hybridized carbons (Fsp3) is 0.643. The standard InChI is InChI=1S/C14H20N2O5/c1-2-21-13(18)11-8-7-9-5-3-4-6-10(15-14(19)20)12(17)16(9)11/h3-4,9-11,15H,2,5-8H2,1H3,(H,19,20)/b4-3-/t9-,10-,11-/m0/s1. The molecule has 2 amide bonds. The number of ether oxygens (including phenoxy) is 1. The topological polar surface area (TPSA) is 95.9 Å². The highest BCUT2D eigenvalue weighted by atomic mass is 16.5. The second kappa shape index (κ2) is 6.60. The Morgan fingerprint density at radius 1 is 1.38 bits per heavy atom. The van der Waals surface area contributed by atoms with Crippen LogP contribution >= 0.6 is 0 Å². The summed E-state index contributed by atoms with van der Waals surface area (Å²) in [4.78, 5) is 36.9. The fourth-order valence-electron chi connectivity index (χ4n) is 2.95. The first-order valence-electron chi connectivity index (χ1n) is 7.17. The zero-order valence-electron chi connectivity index (χ0n) is 11.9. The van der Waals surface area contributed by atoms with Crippen molar-refractivity contribution >= 4 is 18.0 Å². The number of carboxylic acid groups (broad SMARTS) is 1. The number of nitrogens with one attached hydrogen (secondary N) is 1. The molecule has 2 aliphatic heterocycles. The van der Waals surface area contributed by atoms with E-state index in [-0.39, 0.29) is 18.6 Å². The van der Waals surface area contributed by atoms with E-state index in [0.29, 0.717) is 19.3 Å². The molecule has 0 aromatic rings. The average Bonchev–Trinajstić information content (AvgIpc) is 2.83. The van der Waals surface area contributed by atoms with Crippen LogP contribution in [0.2, 0.25) is 0 Å². The van der Waals surface area contributed by atoms with Gasteiger partial charge < -0.3 is 20.1 Å². The number of fused-ring (bicyclic) bond motifs is 1. The number of hydrogen-bond acceptors (Lipinski definition) is 4. The van der Waals surface area contributed by atoms with E-state index >= 15 is 0 Å². The van der Waals surface area contributed by atoms with Crippen molar-refractivity contribution in [1.82, 2.24) is 10.2 Å². The van der Waals surface area contributed by atoms with Crippen LogP contribution in [0.3, 0.4) is 0 Å². The van der Waals surface area contributed by atoms with Crippen LogP contribution in [0, 0.1) is 0 Å². The molecule has 0 saturated carbocycles. The van der Waals surface area contributed by atoms with Crippen LogP contribution in [0.4, 0.5) is 4.79 Å². The summed E-state index contributed by atoms with van der Waals surface area (Å²) >= 11 is 0. The Labute approximate surface area is 122 Å². The van der Waals surface area contributed by atoms with Crippen molar-refractivity contribution in [3.63, 3.8) is 0 Å². The van der Waals surface area contributed by atoms with Crippen molar-refractivity contribution in [2.24, 2.45) is 0 Å². The van der Waals surface area contributed by atoms with Gasteiger partial charge in [-0.1, -0.05) is 12.2 Å². The molecule has 2 N–H and O–H groups in total. The highest BCUT2D eigenvalue weighted by molar-refractivity contribution is 5.90. The third kappa shape index (κ3) is 3.34. The first-order chi connectivity index (χ1) is 10.0. The van der Waals surface area contributed by atoms with Gasteiger partial charge in [0, 0.05) is 6.04 Å². The molecular formula is C14H20N2O5. The maximum Gasteiger partial charge on any atom is 0.405 e. The minimum absolute atomic E-state index is 0.0680. The normalized spacial score (nSPS) is 30.0. The maximum absolute atomic E-state index is 12.6. The van der Waals surface area contributed by atoms with Gasteiger partial charge in [0.15, 0.2) is 0 Å². The molecule has 0 aliphatic carbocycles. The molecule has 0 spiro atoms. The van der Waals surface area contributed by atoms with E-state index in [1.807, 2.05) is 12.2 Å². The molecule has 2 rings (SSSR count). The Morgan fingerprint density at radius 2 is 2.10 bits per heavy atom. The highest BCUT2D eigenvalue weighted by Gasteiger charge is 2.43. The van der Waals surface area contributed by atoms with Crippen LogP contribution in [0.5, 0.6) is 0 Å². The van der Waals surface area contributed by atoms with E-state index in [1.54, 1.807) is 6.92 Å². The van der Waals surface area contributed by atoms with Crippen LogP contribution in [-0.2, 0) is 14.3 Å². The van der Waals surface area contributed by atoms with Gasteiger partial charge in [0.2, 0.25) is 5.91 Å². The van der Waals surface area contributed by atoms with E-state index in [0.717, 1.165) is 6.42 Å².